The molecule has 0 spiro atoms. The van der Waals surface area contributed by atoms with Gasteiger partial charge >= 0.3 is 9.41 Å². The van der Waals surface area contributed by atoms with Crippen LogP contribution in [0.25, 0.3) is 0 Å². The molecule has 0 aliphatic rings. The molecule has 0 aliphatic heterocycles. The molecule has 6 heteroatoms. The molecule has 0 aromatic heterocycles. The van der Waals surface area contributed by atoms with Crippen LogP contribution in [0.2, 0.25) is 0 Å². The summed E-state index contributed by atoms with van der Waals surface area (Å²) in [5, 5.41) is 0. The average Bonchev–Trinajstić information content (AvgIpc) is 0.722. The molecule has 3 radical (unpaired) electrons. The normalized spacial score (nSPS) is 10.0. The van der Waals surface area contributed by atoms with E-state index < -0.39 is 9.41 Å². The van der Waals surface area contributed by atoms with E-state index in [1.54, 1.807) is 0 Å². The van der Waals surface area contributed by atoms with Crippen LogP contribution in [0.4, 0.5) is 16.4 Å². The smallest absolute Gasteiger partial charge is 0.211 e. The summed E-state index contributed by atoms with van der Waals surface area (Å²) in [4.78, 5) is 0. The van der Waals surface area contributed by atoms with E-state index in [9.17, 15) is 16.4 Å². The predicted molar refractivity (Wildman–Crippen MR) is 15.9 cm³/mol. The van der Waals surface area contributed by atoms with Crippen LogP contribution in [0, 0.1) is 0 Å². The Kier molecular flexibility index (Phi) is 4.39. The Labute approximate surface area is 46.3 Å². The van der Waals surface area contributed by atoms with Crippen molar-refractivity contribution >= 4 is 29.2 Å². The van der Waals surface area contributed by atoms with E-state index in [1.165, 1.54) is 0 Å². The summed E-state index contributed by atoms with van der Waals surface area (Å²) in [6, 6.07) is 0. The Morgan fingerprint density at radius 2 is 0.833 bits per heavy atom. The SMILES string of the molecule is F[Si](F)(F)F.[Ga]. The first-order chi connectivity index (χ1) is 2.00. The summed E-state index contributed by atoms with van der Waals surface area (Å²) in [5.41, 5.74) is 0. The van der Waals surface area contributed by atoms with Crippen LogP contribution in [0.5, 0.6) is 0 Å². The minimum absolute atomic E-state index is 0. The van der Waals surface area contributed by atoms with Gasteiger partial charge in [0, 0.05) is 19.8 Å². The third-order valence-corrected chi connectivity index (χ3v) is 0. The molecule has 0 nitrogen and oxygen atoms in total. The number of hydrogen-bond donors (Lipinski definition) is 0. The van der Waals surface area contributed by atoms with Crippen molar-refractivity contribution in [1.82, 2.24) is 0 Å². The van der Waals surface area contributed by atoms with Crippen molar-refractivity contribution in [2.24, 2.45) is 0 Å². The van der Waals surface area contributed by atoms with Gasteiger partial charge in [0.15, 0.2) is 0 Å². The number of hydrogen-bond acceptors (Lipinski definition) is 0. The fourth-order valence-corrected chi connectivity index (χ4v) is 0. The maximum Gasteiger partial charge on any atom is 0.844 e. The van der Waals surface area contributed by atoms with Crippen molar-refractivity contribution in [2.45, 2.75) is 0 Å². The van der Waals surface area contributed by atoms with E-state index in [4.69, 9.17) is 0 Å². The van der Waals surface area contributed by atoms with Crippen molar-refractivity contribution < 1.29 is 16.4 Å². The molecule has 0 aromatic carbocycles. The first-order valence-electron chi connectivity index (χ1n) is 0.756. The molecule has 0 N–H and O–H groups in total. The quantitative estimate of drug-likeness (QED) is 0.291. The van der Waals surface area contributed by atoms with E-state index in [0.717, 1.165) is 0 Å². The van der Waals surface area contributed by atoms with E-state index in [2.05, 4.69) is 0 Å². The van der Waals surface area contributed by atoms with Crippen molar-refractivity contribution in [3.8, 4) is 0 Å². The van der Waals surface area contributed by atoms with Gasteiger partial charge in [-0.05, 0) is 0 Å². The summed E-state index contributed by atoms with van der Waals surface area (Å²) in [6.45, 7) is 0. The summed E-state index contributed by atoms with van der Waals surface area (Å²) in [6.07, 6.45) is 0. The predicted octanol–water partition coefficient (Wildman–Crippen LogP) is 0.919. The van der Waals surface area contributed by atoms with Gasteiger partial charge in [0.05, 0.1) is 0 Å². The Balaban J connectivity index is 0. The molecule has 35 valence electrons. The Morgan fingerprint density at radius 3 is 0.833 bits per heavy atom. The van der Waals surface area contributed by atoms with Crippen LogP contribution >= 0.6 is 0 Å². The maximum absolute atomic E-state index is 9.83. The molecule has 0 saturated heterocycles. The van der Waals surface area contributed by atoms with Gasteiger partial charge in [-0.25, -0.2) is 16.4 Å². The molecule has 0 fully saturated rings. The maximum atomic E-state index is 9.83. The summed E-state index contributed by atoms with van der Waals surface area (Å²) in [7, 11) is -6.61. The first kappa shape index (κ1) is 9.76. The fourth-order valence-electron chi connectivity index (χ4n) is 0. The van der Waals surface area contributed by atoms with Gasteiger partial charge in [0.25, 0.3) is 0 Å². The standard InChI is InChI=1S/F4Si.Ga/c1-5(2,3)4;. The van der Waals surface area contributed by atoms with Crippen molar-refractivity contribution in [3.63, 3.8) is 0 Å². The van der Waals surface area contributed by atoms with Crippen LogP contribution in [0.1, 0.15) is 0 Å². The summed E-state index contributed by atoms with van der Waals surface area (Å²) < 4.78 is 39.3. The van der Waals surface area contributed by atoms with E-state index in [-0.39, 0.29) is 19.8 Å². The molecule has 0 amide bonds. The second-order valence-electron chi connectivity index (χ2n) is 0.429. The van der Waals surface area contributed by atoms with Crippen molar-refractivity contribution in [2.75, 3.05) is 0 Å². The number of rotatable bonds is 0. The third kappa shape index (κ3) is 178. The van der Waals surface area contributed by atoms with Gasteiger partial charge in [-0.15, -0.1) is 0 Å². The van der Waals surface area contributed by atoms with Gasteiger partial charge < -0.3 is 0 Å². The van der Waals surface area contributed by atoms with Crippen LogP contribution in [-0.2, 0) is 0 Å². The molecule has 0 heterocycles. The minimum Gasteiger partial charge on any atom is -0.211 e. The van der Waals surface area contributed by atoms with Gasteiger partial charge in [-0.2, -0.15) is 0 Å². The zero-order chi connectivity index (χ0) is 4.50. The van der Waals surface area contributed by atoms with Gasteiger partial charge in [-0.1, -0.05) is 0 Å². The largest absolute Gasteiger partial charge is 0.844 e. The van der Waals surface area contributed by atoms with E-state index in [0.29, 0.717) is 0 Å². The Bertz CT molecular complexity index is 23.0. The molecule has 0 unspecified atom stereocenters. The molecular formula is F4GaSi. The molecule has 0 aliphatic carbocycles. The molecule has 0 rings (SSSR count). The van der Waals surface area contributed by atoms with Crippen LogP contribution in [0.15, 0.2) is 0 Å². The van der Waals surface area contributed by atoms with Gasteiger partial charge in [0.1, 0.15) is 0 Å². The zero-order valence-electron chi connectivity index (χ0n) is 2.59. The Hall–Kier alpha value is 0.573. The van der Waals surface area contributed by atoms with Crippen LogP contribution < -0.4 is 0 Å². The second-order valence-corrected chi connectivity index (χ2v) is 1.29. The van der Waals surface area contributed by atoms with E-state index >= 15 is 0 Å². The molecule has 6 heavy (non-hydrogen) atoms. The zero-order valence-corrected chi connectivity index (χ0v) is 6.01. The molecule has 0 aromatic rings. The average molecular weight is 174 g/mol. The minimum atomic E-state index is -6.61. The molecule has 0 atom stereocenters. The molecular weight excluding hydrogens is 174 g/mol. The van der Waals surface area contributed by atoms with Crippen molar-refractivity contribution in [3.05, 3.63) is 0 Å². The molecule has 0 bridgehead atoms. The van der Waals surface area contributed by atoms with Crippen LogP contribution in [-0.4, -0.2) is 29.2 Å². The topological polar surface area (TPSA) is 0 Å². The first-order valence-corrected chi connectivity index (χ1v) is 2.27. The summed E-state index contributed by atoms with van der Waals surface area (Å²) >= 11 is 0. The van der Waals surface area contributed by atoms with Gasteiger partial charge in [-0.3, -0.25) is 0 Å². The third-order valence-electron chi connectivity index (χ3n) is 0. The number of halogens is 4. The Morgan fingerprint density at radius 1 is 0.833 bits per heavy atom. The van der Waals surface area contributed by atoms with Gasteiger partial charge in [0.2, 0.25) is 0 Å². The second kappa shape index (κ2) is 2.70. The van der Waals surface area contributed by atoms with Crippen LogP contribution in [0.3, 0.4) is 0 Å². The molecule has 0 saturated carbocycles. The monoisotopic (exact) mass is 173 g/mol. The fraction of sp³-hybridized carbons (Fsp3) is 0. The van der Waals surface area contributed by atoms with E-state index in [1.807, 2.05) is 0 Å². The van der Waals surface area contributed by atoms with Crippen molar-refractivity contribution in [1.29, 1.82) is 0 Å². The summed E-state index contributed by atoms with van der Waals surface area (Å²) in [5.74, 6) is 0.